The van der Waals surface area contributed by atoms with E-state index < -0.39 is 6.61 Å². The highest BCUT2D eigenvalue weighted by Crippen LogP contribution is 2.26. The lowest BCUT2D eigenvalue weighted by atomic mass is 10.2. The van der Waals surface area contributed by atoms with E-state index in [1.165, 1.54) is 18.2 Å². The second kappa shape index (κ2) is 9.07. The quantitative estimate of drug-likeness (QED) is 0.482. The largest absolute Gasteiger partial charge is 0.433 e. The molecule has 1 aromatic heterocycles. The number of nitrogens with zero attached hydrogens (tertiary/aromatic N) is 2. The van der Waals surface area contributed by atoms with Crippen LogP contribution < -0.4 is 15.4 Å². The summed E-state index contributed by atoms with van der Waals surface area (Å²) in [6.45, 7) is -2.51. The van der Waals surface area contributed by atoms with Gasteiger partial charge in [0.05, 0.1) is 16.7 Å². The van der Waals surface area contributed by atoms with Crippen LogP contribution in [0.5, 0.6) is 5.75 Å². The van der Waals surface area contributed by atoms with E-state index in [1.807, 2.05) is 0 Å². The molecule has 0 aliphatic rings. The van der Waals surface area contributed by atoms with Gasteiger partial charge in [-0.15, -0.1) is 0 Å². The zero-order valence-electron chi connectivity index (χ0n) is 14.2. The average Bonchev–Trinajstić information content (AvgIpc) is 2.97. The van der Waals surface area contributed by atoms with Crippen molar-refractivity contribution >= 4 is 44.8 Å². The van der Waals surface area contributed by atoms with Gasteiger partial charge in [-0.25, -0.2) is 4.39 Å². The molecule has 1 heterocycles. The molecule has 0 saturated heterocycles. The van der Waals surface area contributed by atoms with Crippen molar-refractivity contribution in [2.75, 3.05) is 10.6 Å². The van der Waals surface area contributed by atoms with Crippen molar-refractivity contribution in [3.63, 3.8) is 0 Å². The minimum atomic E-state index is -2.94. The summed E-state index contributed by atoms with van der Waals surface area (Å²) in [6.07, 6.45) is 1.74. The highest BCUT2D eigenvalue weighted by molar-refractivity contribution is 9.10. The second-order valence-corrected chi connectivity index (χ2v) is 6.87. The monoisotopic (exact) mass is 470 g/mol. The van der Waals surface area contributed by atoms with Gasteiger partial charge in [-0.3, -0.25) is 4.68 Å². The zero-order valence-corrected chi connectivity index (χ0v) is 16.6. The maximum Gasteiger partial charge on any atom is 0.387 e. The first-order valence-corrected chi connectivity index (χ1v) is 9.20. The topological polar surface area (TPSA) is 51.1 Å². The lowest BCUT2D eigenvalue weighted by Gasteiger charge is -2.13. The summed E-state index contributed by atoms with van der Waals surface area (Å²) in [7, 11) is 0. The SMILES string of the molecule is Fc1ccc(Cn2cc(Br)c(NC(=S)Nc3ccccc3OC(F)F)n2)cc1. The number of anilines is 2. The molecule has 0 spiro atoms. The first kappa shape index (κ1) is 20.2. The van der Waals surface area contributed by atoms with E-state index in [9.17, 15) is 13.2 Å². The Morgan fingerprint density at radius 1 is 1.14 bits per heavy atom. The molecule has 2 aromatic carbocycles. The van der Waals surface area contributed by atoms with Crippen LogP contribution >= 0.6 is 28.1 Å². The number of rotatable bonds is 6. The van der Waals surface area contributed by atoms with Crippen LogP contribution in [0.4, 0.5) is 24.7 Å². The van der Waals surface area contributed by atoms with Gasteiger partial charge in [0.15, 0.2) is 10.9 Å². The Labute approximate surface area is 172 Å². The molecule has 28 heavy (non-hydrogen) atoms. The molecular formula is C18H14BrF3N4OS. The molecule has 3 aromatic rings. The zero-order chi connectivity index (χ0) is 20.1. The predicted octanol–water partition coefficient (Wildman–Crippen LogP) is 5.24. The number of alkyl halides is 2. The Morgan fingerprint density at radius 3 is 2.57 bits per heavy atom. The highest BCUT2D eigenvalue weighted by Gasteiger charge is 2.12. The summed E-state index contributed by atoms with van der Waals surface area (Å²) in [4.78, 5) is 0. The van der Waals surface area contributed by atoms with Gasteiger partial charge in [-0.05, 0) is 58.0 Å². The molecular weight excluding hydrogens is 457 g/mol. The molecule has 5 nitrogen and oxygen atoms in total. The second-order valence-electron chi connectivity index (χ2n) is 5.60. The number of hydrogen-bond donors (Lipinski definition) is 2. The van der Waals surface area contributed by atoms with E-state index in [4.69, 9.17) is 12.2 Å². The lowest BCUT2D eigenvalue weighted by Crippen LogP contribution is -2.20. The first-order chi connectivity index (χ1) is 13.4. The van der Waals surface area contributed by atoms with Gasteiger partial charge in [0.25, 0.3) is 0 Å². The maximum atomic E-state index is 13.0. The molecule has 0 aliphatic heterocycles. The van der Waals surface area contributed by atoms with E-state index >= 15 is 0 Å². The normalized spacial score (nSPS) is 10.8. The number of benzene rings is 2. The molecule has 0 aliphatic carbocycles. The number of ether oxygens (including phenoxy) is 1. The van der Waals surface area contributed by atoms with E-state index in [0.717, 1.165) is 5.56 Å². The van der Waals surface area contributed by atoms with Crippen LogP contribution in [-0.4, -0.2) is 21.5 Å². The Bertz CT molecular complexity index is 966. The van der Waals surface area contributed by atoms with Crippen molar-refractivity contribution in [1.82, 2.24) is 9.78 Å². The summed E-state index contributed by atoms with van der Waals surface area (Å²) < 4.78 is 44.8. The fourth-order valence-corrected chi connectivity index (χ4v) is 2.99. The van der Waals surface area contributed by atoms with E-state index in [1.54, 1.807) is 41.2 Å². The predicted molar refractivity (Wildman–Crippen MR) is 108 cm³/mol. The third-order valence-electron chi connectivity index (χ3n) is 3.56. The Hall–Kier alpha value is -2.59. The molecule has 0 atom stereocenters. The maximum absolute atomic E-state index is 13.0. The number of nitrogens with one attached hydrogen (secondary N) is 2. The van der Waals surface area contributed by atoms with Crippen LogP contribution in [0.2, 0.25) is 0 Å². The summed E-state index contributed by atoms with van der Waals surface area (Å²) in [6, 6.07) is 12.3. The van der Waals surface area contributed by atoms with Crippen molar-refractivity contribution in [2.45, 2.75) is 13.2 Å². The summed E-state index contributed by atoms with van der Waals surface area (Å²) in [5.41, 5.74) is 1.17. The average molecular weight is 471 g/mol. The Balaban J connectivity index is 1.66. The molecule has 10 heteroatoms. The molecule has 0 unspecified atom stereocenters. The van der Waals surface area contributed by atoms with Crippen molar-refractivity contribution in [2.24, 2.45) is 0 Å². The van der Waals surface area contributed by atoms with Crippen molar-refractivity contribution in [1.29, 1.82) is 0 Å². The Kier molecular flexibility index (Phi) is 6.53. The number of thiocarbonyl (C=S) groups is 1. The highest BCUT2D eigenvalue weighted by atomic mass is 79.9. The van der Waals surface area contributed by atoms with Crippen LogP contribution in [0.3, 0.4) is 0 Å². The molecule has 0 fully saturated rings. The van der Waals surface area contributed by atoms with E-state index in [-0.39, 0.29) is 16.7 Å². The fraction of sp³-hybridized carbons (Fsp3) is 0.111. The van der Waals surface area contributed by atoms with Crippen LogP contribution in [-0.2, 0) is 6.54 Å². The van der Waals surface area contributed by atoms with Gasteiger partial charge in [0.1, 0.15) is 11.6 Å². The standard InChI is InChI=1S/C18H14BrF3N4OS/c19-13-10-26(9-11-5-7-12(20)8-6-11)25-16(13)24-18(28)23-14-3-1-2-4-15(14)27-17(21)22/h1-8,10,17H,9H2,(H2,23,24,25,28). The van der Waals surface area contributed by atoms with Crippen molar-refractivity contribution in [3.05, 3.63) is 70.6 Å². The van der Waals surface area contributed by atoms with Crippen LogP contribution in [0.1, 0.15) is 5.56 Å². The summed E-state index contributed by atoms with van der Waals surface area (Å²) in [5.74, 6) is 0.106. The molecule has 146 valence electrons. The number of hydrogen-bond acceptors (Lipinski definition) is 3. The molecule has 2 N–H and O–H groups in total. The minimum Gasteiger partial charge on any atom is -0.433 e. The molecule has 0 radical (unpaired) electrons. The van der Waals surface area contributed by atoms with Gasteiger partial charge in [0, 0.05) is 6.20 Å². The van der Waals surface area contributed by atoms with Gasteiger partial charge < -0.3 is 15.4 Å². The van der Waals surface area contributed by atoms with Crippen molar-refractivity contribution in [3.8, 4) is 5.75 Å². The summed E-state index contributed by atoms with van der Waals surface area (Å²) in [5, 5.41) is 10.2. The lowest BCUT2D eigenvalue weighted by molar-refractivity contribution is -0.0493. The van der Waals surface area contributed by atoms with Gasteiger partial charge in [0.2, 0.25) is 0 Å². The van der Waals surface area contributed by atoms with Crippen LogP contribution in [0, 0.1) is 5.82 Å². The van der Waals surface area contributed by atoms with Crippen LogP contribution in [0.25, 0.3) is 0 Å². The molecule has 0 bridgehead atoms. The minimum absolute atomic E-state index is 0.0254. The van der Waals surface area contributed by atoms with Gasteiger partial charge in [-0.2, -0.15) is 13.9 Å². The molecule has 0 saturated carbocycles. The first-order valence-electron chi connectivity index (χ1n) is 8.00. The molecule has 3 rings (SSSR count). The van der Waals surface area contributed by atoms with E-state index in [0.29, 0.717) is 22.5 Å². The third kappa shape index (κ3) is 5.46. The van der Waals surface area contributed by atoms with Crippen molar-refractivity contribution < 1.29 is 17.9 Å². The molecule has 0 amide bonds. The number of halogens is 4. The van der Waals surface area contributed by atoms with E-state index in [2.05, 4.69) is 36.4 Å². The fourth-order valence-electron chi connectivity index (χ4n) is 2.37. The van der Waals surface area contributed by atoms with Crippen LogP contribution in [0.15, 0.2) is 59.2 Å². The smallest absolute Gasteiger partial charge is 0.387 e. The Morgan fingerprint density at radius 2 is 1.86 bits per heavy atom. The third-order valence-corrected chi connectivity index (χ3v) is 4.34. The summed E-state index contributed by atoms with van der Waals surface area (Å²) >= 11 is 8.61. The number of aromatic nitrogens is 2. The van der Waals surface area contributed by atoms with Gasteiger partial charge in [-0.1, -0.05) is 24.3 Å². The van der Waals surface area contributed by atoms with Gasteiger partial charge >= 0.3 is 6.61 Å². The number of para-hydroxylation sites is 2.